The maximum atomic E-state index is 12.4. The number of benzene rings is 3. The van der Waals surface area contributed by atoms with E-state index in [0.717, 1.165) is 0 Å². The molecule has 5 nitrogen and oxygen atoms in total. The zero-order valence-corrected chi connectivity index (χ0v) is 15.6. The number of carboxylic acid groups (broad SMARTS) is 1. The number of halogens is 1. The summed E-state index contributed by atoms with van der Waals surface area (Å²) in [5.41, 5.74) is 1.52. The number of ketones is 1. The van der Waals surface area contributed by atoms with E-state index in [1.54, 1.807) is 42.5 Å². The van der Waals surface area contributed by atoms with Crippen molar-refractivity contribution in [3.63, 3.8) is 0 Å². The van der Waals surface area contributed by atoms with Gasteiger partial charge in [0.05, 0.1) is 11.3 Å². The molecule has 3 aromatic carbocycles. The molecule has 0 aromatic heterocycles. The standard InChI is InChI=1S/C21H14BrNO4/c22-16-10-11-18(17(12-16)21(26)27)23-20(25)15-8-6-14(7-9-15)19(24)13-4-2-1-3-5-13/h1-12H,(H,23,25)(H,26,27). The molecule has 3 rings (SSSR count). The van der Waals surface area contributed by atoms with E-state index in [4.69, 9.17) is 0 Å². The van der Waals surface area contributed by atoms with Gasteiger partial charge in [-0.25, -0.2) is 4.79 Å². The Bertz CT molecular complexity index is 1010. The third-order valence-corrected chi connectivity index (χ3v) is 4.40. The van der Waals surface area contributed by atoms with Crippen LogP contribution in [0.1, 0.15) is 36.6 Å². The molecule has 0 aliphatic heterocycles. The number of rotatable bonds is 5. The molecule has 0 radical (unpaired) electrons. The molecule has 27 heavy (non-hydrogen) atoms. The Morgan fingerprint density at radius 1 is 0.778 bits per heavy atom. The molecule has 0 unspecified atom stereocenters. The minimum absolute atomic E-state index is 0.0198. The topological polar surface area (TPSA) is 83.5 Å². The lowest BCUT2D eigenvalue weighted by molar-refractivity contribution is 0.0697. The lowest BCUT2D eigenvalue weighted by Crippen LogP contribution is -2.15. The first kappa shape index (κ1) is 18.5. The van der Waals surface area contributed by atoms with Crippen LogP contribution in [0.5, 0.6) is 0 Å². The van der Waals surface area contributed by atoms with Crippen molar-refractivity contribution in [1.29, 1.82) is 0 Å². The second-order valence-corrected chi connectivity index (χ2v) is 6.64. The van der Waals surface area contributed by atoms with Gasteiger partial charge in [0.1, 0.15) is 0 Å². The first-order chi connectivity index (χ1) is 13.0. The predicted octanol–water partition coefficient (Wildman–Crippen LogP) is 4.63. The third-order valence-electron chi connectivity index (χ3n) is 3.91. The van der Waals surface area contributed by atoms with Crippen LogP contribution in [0.2, 0.25) is 0 Å². The number of carbonyl (C=O) groups excluding carboxylic acids is 2. The Balaban J connectivity index is 1.79. The molecule has 3 aromatic rings. The average molecular weight is 424 g/mol. The van der Waals surface area contributed by atoms with Crippen molar-refractivity contribution in [3.8, 4) is 0 Å². The van der Waals surface area contributed by atoms with Crippen LogP contribution in [0.4, 0.5) is 5.69 Å². The Kier molecular flexibility index (Phi) is 5.47. The lowest BCUT2D eigenvalue weighted by Gasteiger charge is -2.09. The van der Waals surface area contributed by atoms with Crippen LogP contribution in [0.3, 0.4) is 0 Å². The van der Waals surface area contributed by atoms with Gasteiger partial charge >= 0.3 is 5.97 Å². The van der Waals surface area contributed by atoms with Crippen LogP contribution in [-0.4, -0.2) is 22.8 Å². The third kappa shape index (κ3) is 4.30. The number of hydrogen-bond donors (Lipinski definition) is 2. The molecule has 1 amide bonds. The highest BCUT2D eigenvalue weighted by Gasteiger charge is 2.15. The van der Waals surface area contributed by atoms with Crippen molar-refractivity contribution >= 4 is 39.3 Å². The molecule has 134 valence electrons. The van der Waals surface area contributed by atoms with E-state index in [1.807, 2.05) is 6.07 Å². The van der Waals surface area contributed by atoms with E-state index in [9.17, 15) is 19.5 Å². The molecule has 6 heteroatoms. The first-order valence-electron chi connectivity index (χ1n) is 8.00. The van der Waals surface area contributed by atoms with Crippen molar-refractivity contribution < 1.29 is 19.5 Å². The molecule has 0 saturated carbocycles. The van der Waals surface area contributed by atoms with Crippen molar-refractivity contribution in [2.24, 2.45) is 0 Å². The molecule has 0 aliphatic carbocycles. The molecule has 0 saturated heterocycles. The van der Waals surface area contributed by atoms with E-state index in [0.29, 0.717) is 21.2 Å². The van der Waals surface area contributed by atoms with Crippen LogP contribution >= 0.6 is 15.9 Å². The molecule has 0 bridgehead atoms. The number of carboxylic acids is 1. The van der Waals surface area contributed by atoms with E-state index < -0.39 is 11.9 Å². The predicted molar refractivity (Wildman–Crippen MR) is 105 cm³/mol. The monoisotopic (exact) mass is 423 g/mol. The van der Waals surface area contributed by atoms with Crippen LogP contribution in [0, 0.1) is 0 Å². The highest BCUT2D eigenvalue weighted by Crippen LogP contribution is 2.22. The Hall–Kier alpha value is -3.25. The number of amides is 1. The summed E-state index contributed by atoms with van der Waals surface area (Å²) in [6.45, 7) is 0. The Morgan fingerprint density at radius 2 is 1.37 bits per heavy atom. The van der Waals surface area contributed by atoms with Gasteiger partial charge in [-0.2, -0.15) is 0 Å². The summed E-state index contributed by atoms with van der Waals surface area (Å²) in [6.07, 6.45) is 0. The Morgan fingerprint density at radius 3 is 2.00 bits per heavy atom. The molecular weight excluding hydrogens is 410 g/mol. The molecule has 0 aliphatic rings. The van der Waals surface area contributed by atoms with Crippen molar-refractivity contribution in [2.75, 3.05) is 5.32 Å². The molecule has 2 N–H and O–H groups in total. The second kappa shape index (κ2) is 7.97. The molecule has 0 spiro atoms. The summed E-state index contributed by atoms with van der Waals surface area (Å²) in [6, 6.07) is 19.6. The fraction of sp³-hybridized carbons (Fsp3) is 0. The summed E-state index contributed by atoms with van der Waals surface area (Å²) >= 11 is 3.21. The largest absolute Gasteiger partial charge is 0.478 e. The van der Waals surface area contributed by atoms with E-state index in [2.05, 4.69) is 21.2 Å². The zero-order valence-electron chi connectivity index (χ0n) is 14.0. The van der Waals surface area contributed by atoms with Gasteiger partial charge in [-0.1, -0.05) is 58.4 Å². The summed E-state index contributed by atoms with van der Waals surface area (Å²) < 4.78 is 0.599. The second-order valence-electron chi connectivity index (χ2n) is 5.72. The molecule has 0 atom stereocenters. The molecular formula is C21H14BrNO4. The van der Waals surface area contributed by atoms with Gasteiger partial charge in [-0.05, 0) is 30.3 Å². The Labute approximate surface area is 163 Å². The summed E-state index contributed by atoms with van der Waals surface area (Å²) in [5.74, 6) is -1.74. The van der Waals surface area contributed by atoms with Crippen LogP contribution in [-0.2, 0) is 0 Å². The maximum absolute atomic E-state index is 12.4. The van der Waals surface area contributed by atoms with Crippen molar-refractivity contribution in [2.45, 2.75) is 0 Å². The summed E-state index contributed by atoms with van der Waals surface area (Å²) in [7, 11) is 0. The highest BCUT2D eigenvalue weighted by atomic mass is 79.9. The minimum Gasteiger partial charge on any atom is -0.478 e. The smallest absolute Gasteiger partial charge is 0.337 e. The van der Waals surface area contributed by atoms with Crippen molar-refractivity contribution in [3.05, 3.63) is 99.5 Å². The van der Waals surface area contributed by atoms with Crippen molar-refractivity contribution in [1.82, 2.24) is 0 Å². The summed E-state index contributed by atoms with van der Waals surface area (Å²) in [4.78, 5) is 36.2. The van der Waals surface area contributed by atoms with Crippen LogP contribution in [0.25, 0.3) is 0 Å². The number of anilines is 1. The van der Waals surface area contributed by atoms with E-state index in [1.165, 1.54) is 24.3 Å². The van der Waals surface area contributed by atoms with Gasteiger partial charge in [0.25, 0.3) is 5.91 Å². The van der Waals surface area contributed by atoms with Gasteiger partial charge in [0.15, 0.2) is 5.78 Å². The van der Waals surface area contributed by atoms with Crippen LogP contribution < -0.4 is 5.32 Å². The minimum atomic E-state index is -1.14. The summed E-state index contributed by atoms with van der Waals surface area (Å²) in [5, 5.41) is 11.9. The zero-order chi connectivity index (χ0) is 19.4. The maximum Gasteiger partial charge on any atom is 0.337 e. The van der Waals surface area contributed by atoms with Gasteiger partial charge < -0.3 is 10.4 Å². The van der Waals surface area contributed by atoms with Gasteiger partial charge in [0, 0.05) is 21.2 Å². The van der Waals surface area contributed by atoms with Gasteiger partial charge in [-0.15, -0.1) is 0 Å². The van der Waals surface area contributed by atoms with Crippen LogP contribution in [0.15, 0.2) is 77.3 Å². The van der Waals surface area contributed by atoms with E-state index in [-0.39, 0.29) is 17.0 Å². The average Bonchev–Trinajstić information content (AvgIpc) is 2.69. The fourth-order valence-electron chi connectivity index (χ4n) is 2.53. The van der Waals surface area contributed by atoms with Gasteiger partial charge in [-0.3, -0.25) is 9.59 Å². The number of hydrogen-bond acceptors (Lipinski definition) is 3. The van der Waals surface area contributed by atoms with E-state index >= 15 is 0 Å². The first-order valence-corrected chi connectivity index (χ1v) is 8.79. The number of nitrogens with one attached hydrogen (secondary N) is 1. The fourth-order valence-corrected chi connectivity index (χ4v) is 2.89. The molecule has 0 heterocycles. The number of aromatic carboxylic acids is 1. The SMILES string of the molecule is O=C(Nc1ccc(Br)cc1C(=O)O)c1ccc(C(=O)c2ccccc2)cc1. The van der Waals surface area contributed by atoms with Gasteiger partial charge in [0.2, 0.25) is 0 Å². The molecule has 0 fully saturated rings. The lowest BCUT2D eigenvalue weighted by atomic mass is 10.0. The number of carbonyl (C=O) groups is 3. The normalized spacial score (nSPS) is 10.3. The highest BCUT2D eigenvalue weighted by molar-refractivity contribution is 9.10. The quantitative estimate of drug-likeness (QED) is 0.585.